The molecule has 5 nitrogen and oxygen atoms in total. The van der Waals surface area contributed by atoms with Gasteiger partial charge in [-0.15, -0.1) is 0 Å². The molecule has 0 spiro atoms. The van der Waals surface area contributed by atoms with Gasteiger partial charge in [0.1, 0.15) is 4.90 Å². The van der Waals surface area contributed by atoms with Gasteiger partial charge in [-0.25, -0.2) is 8.42 Å². The van der Waals surface area contributed by atoms with Gasteiger partial charge >= 0.3 is 0 Å². The molecule has 0 aliphatic heterocycles. The Bertz CT molecular complexity index is 566. The zero-order valence-corrected chi connectivity index (χ0v) is 11.4. The molecule has 0 aromatic heterocycles. The topological polar surface area (TPSA) is 81.4 Å². The Labute approximate surface area is 111 Å². The second-order valence-electron chi connectivity index (χ2n) is 3.48. The fourth-order valence-corrected chi connectivity index (χ4v) is 3.41. The average Bonchev–Trinajstić information content (AvgIpc) is 2.36. The zero-order valence-electron chi connectivity index (χ0n) is 9.80. The maximum atomic E-state index is 12.3. The van der Waals surface area contributed by atoms with Crippen LogP contribution in [0.5, 0.6) is 0 Å². The molecule has 0 heterocycles. The molecule has 0 unspecified atom stereocenters. The smallest absolute Gasteiger partial charge is 0.244 e. The highest BCUT2D eigenvalue weighted by atomic mass is 35.5. The zero-order chi connectivity index (χ0) is 13.8. The second kappa shape index (κ2) is 6.16. The Morgan fingerprint density at radius 2 is 2.17 bits per heavy atom. The van der Waals surface area contributed by atoms with Crippen molar-refractivity contribution in [1.29, 1.82) is 5.26 Å². The van der Waals surface area contributed by atoms with Gasteiger partial charge in [0, 0.05) is 13.1 Å². The van der Waals surface area contributed by atoms with E-state index in [4.69, 9.17) is 22.0 Å². The highest BCUT2D eigenvalue weighted by molar-refractivity contribution is 7.89. The van der Waals surface area contributed by atoms with E-state index in [2.05, 4.69) is 0 Å². The van der Waals surface area contributed by atoms with Crippen LogP contribution in [-0.2, 0) is 10.0 Å². The first-order valence-corrected chi connectivity index (χ1v) is 7.09. The number of hydrogen-bond acceptors (Lipinski definition) is 4. The normalized spacial score (nSPS) is 11.5. The van der Waals surface area contributed by atoms with E-state index in [9.17, 15) is 8.42 Å². The standard InChI is InChI=1S/C11H13ClN2O3S/c1-2-14(5-6-15)18(16,17)11-7-9(8-13)3-4-10(11)12/h3-4,7,15H,2,5-6H2,1H3. The third-order valence-electron chi connectivity index (χ3n) is 2.38. The average molecular weight is 289 g/mol. The molecule has 0 saturated carbocycles. The van der Waals surface area contributed by atoms with Crippen LogP contribution >= 0.6 is 11.6 Å². The first kappa shape index (κ1) is 14.9. The molecule has 18 heavy (non-hydrogen) atoms. The number of sulfonamides is 1. The van der Waals surface area contributed by atoms with Gasteiger partial charge in [0.15, 0.2) is 0 Å². The van der Waals surface area contributed by atoms with Crippen molar-refractivity contribution in [3.8, 4) is 6.07 Å². The van der Waals surface area contributed by atoms with Crippen LogP contribution in [0.25, 0.3) is 0 Å². The van der Waals surface area contributed by atoms with Gasteiger partial charge in [-0.3, -0.25) is 0 Å². The Morgan fingerprint density at radius 1 is 1.50 bits per heavy atom. The molecule has 7 heteroatoms. The first-order chi connectivity index (χ1) is 8.47. The third-order valence-corrected chi connectivity index (χ3v) is 4.84. The van der Waals surface area contributed by atoms with Crippen molar-refractivity contribution in [2.24, 2.45) is 0 Å². The molecule has 0 fully saturated rings. The van der Waals surface area contributed by atoms with Gasteiger partial charge in [-0.1, -0.05) is 18.5 Å². The number of aliphatic hydroxyl groups is 1. The number of aliphatic hydroxyl groups excluding tert-OH is 1. The van der Waals surface area contributed by atoms with Gasteiger partial charge in [0.05, 0.1) is 23.3 Å². The van der Waals surface area contributed by atoms with Crippen molar-refractivity contribution >= 4 is 21.6 Å². The number of benzene rings is 1. The van der Waals surface area contributed by atoms with Crippen LogP contribution in [0.1, 0.15) is 12.5 Å². The quantitative estimate of drug-likeness (QED) is 0.883. The Hall–Kier alpha value is -1.13. The van der Waals surface area contributed by atoms with Crippen molar-refractivity contribution in [2.45, 2.75) is 11.8 Å². The molecular weight excluding hydrogens is 276 g/mol. The highest BCUT2D eigenvalue weighted by Crippen LogP contribution is 2.25. The van der Waals surface area contributed by atoms with E-state index in [0.29, 0.717) is 0 Å². The Morgan fingerprint density at radius 3 is 2.67 bits per heavy atom. The largest absolute Gasteiger partial charge is 0.395 e. The number of rotatable bonds is 5. The summed E-state index contributed by atoms with van der Waals surface area (Å²) >= 11 is 5.86. The molecule has 0 aliphatic rings. The van der Waals surface area contributed by atoms with Crippen molar-refractivity contribution in [3.05, 3.63) is 28.8 Å². The fraction of sp³-hybridized carbons (Fsp3) is 0.364. The van der Waals surface area contributed by atoms with Gasteiger partial charge < -0.3 is 5.11 Å². The minimum atomic E-state index is -3.79. The minimum absolute atomic E-state index is 0.00799. The lowest BCUT2D eigenvalue weighted by atomic mass is 10.2. The molecular formula is C11H13ClN2O3S. The number of likely N-dealkylation sites (N-methyl/N-ethyl adjacent to an activating group) is 1. The molecule has 98 valence electrons. The fourth-order valence-electron chi connectivity index (χ4n) is 1.47. The summed E-state index contributed by atoms with van der Waals surface area (Å²) in [6, 6.07) is 5.92. The molecule has 1 N–H and O–H groups in total. The predicted octanol–water partition coefficient (Wildman–Crippen LogP) is 1.21. The van der Waals surface area contributed by atoms with E-state index in [0.717, 1.165) is 4.31 Å². The summed E-state index contributed by atoms with van der Waals surface area (Å²) in [4.78, 5) is -0.112. The predicted molar refractivity (Wildman–Crippen MR) is 67.7 cm³/mol. The molecule has 0 bridgehead atoms. The lowest BCUT2D eigenvalue weighted by Crippen LogP contribution is -2.33. The van der Waals surface area contributed by atoms with Crippen LogP contribution in [-0.4, -0.2) is 37.5 Å². The van der Waals surface area contributed by atoms with E-state index in [1.54, 1.807) is 6.92 Å². The van der Waals surface area contributed by atoms with Gasteiger partial charge in [-0.2, -0.15) is 9.57 Å². The highest BCUT2D eigenvalue weighted by Gasteiger charge is 2.25. The van der Waals surface area contributed by atoms with E-state index in [1.165, 1.54) is 18.2 Å². The lowest BCUT2D eigenvalue weighted by Gasteiger charge is -2.20. The SMILES string of the molecule is CCN(CCO)S(=O)(=O)c1cc(C#N)ccc1Cl. The Balaban J connectivity index is 3.31. The van der Waals surface area contributed by atoms with Crippen LogP contribution < -0.4 is 0 Å². The molecule has 0 amide bonds. The van der Waals surface area contributed by atoms with Crippen molar-refractivity contribution in [3.63, 3.8) is 0 Å². The maximum absolute atomic E-state index is 12.3. The summed E-state index contributed by atoms with van der Waals surface area (Å²) in [7, 11) is -3.79. The minimum Gasteiger partial charge on any atom is -0.395 e. The number of hydrogen-bond donors (Lipinski definition) is 1. The summed E-state index contributed by atoms with van der Waals surface area (Å²) in [6.45, 7) is 1.60. The summed E-state index contributed by atoms with van der Waals surface area (Å²) < 4.78 is 25.6. The van der Waals surface area contributed by atoms with Crippen LogP contribution in [0.4, 0.5) is 0 Å². The van der Waals surface area contributed by atoms with Gasteiger partial charge in [-0.05, 0) is 18.2 Å². The summed E-state index contributed by atoms with van der Waals surface area (Å²) in [5.74, 6) is 0. The van der Waals surface area contributed by atoms with E-state index in [-0.39, 0.29) is 35.2 Å². The number of nitriles is 1. The van der Waals surface area contributed by atoms with Gasteiger partial charge in [0.25, 0.3) is 0 Å². The molecule has 1 rings (SSSR count). The Kier molecular flexibility index (Phi) is 5.11. The number of halogens is 1. The molecule has 1 aromatic rings. The molecule has 0 aliphatic carbocycles. The van der Waals surface area contributed by atoms with Crippen LogP contribution in [0.15, 0.2) is 23.1 Å². The first-order valence-electron chi connectivity index (χ1n) is 5.28. The second-order valence-corrected chi connectivity index (χ2v) is 5.79. The number of nitrogens with zero attached hydrogens (tertiary/aromatic N) is 2. The van der Waals surface area contributed by atoms with Crippen LogP contribution in [0, 0.1) is 11.3 Å². The summed E-state index contributed by atoms with van der Waals surface area (Å²) in [5.41, 5.74) is 0.220. The molecule has 1 aromatic carbocycles. The molecule has 0 atom stereocenters. The molecule has 0 saturated heterocycles. The molecule has 0 radical (unpaired) electrons. The summed E-state index contributed by atoms with van der Waals surface area (Å²) in [5, 5.41) is 17.7. The lowest BCUT2D eigenvalue weighted by molar-refractivity contribution is 0.257. The van der Waals surface area contributed by atoms with Crippen LogP contribution in [0.3, 0.4) is 0 Å². The van der Waals surface area contributed by atoms with Crippen molar-refractivity contribution in [2.75, 3.05) is 19.7 Å². The van der Waals surface area contributed by atoms with E-state index >= 15 is 0 Å². The monoisotopic (exact) mass is 288 g/mol. The van der Waals surface area contributed by atoms with E-state index < -0.39 is 10.0 Å². The van der Waals surface area contributed by atoms with Gasteiger partial charge in [0.2, 0.25) is 10.0 Å². The van der Waals surface area contributed by atoms with E-state index in [1.807, 2.05) is 6.07 Å². The third kappa shape index (κ3) is 3.00. The summed E-state index contributed by atoms with van der Waals surface area (Å²) in [6.07, 6.45) is 0. The maximum Gasteiger partial charge on any atom is 0.244 e. The van der Waals surface area contributed by atoms with Crippen LogP contribution in [0.2, 0.25) is 5.02 Å². The van der Waals surface area contributed by atoms with Crippen molar-refractivity contribution < 1.29 is 13.5 Å². The van der Waals surface area contributed by atoms with Crippen molar-refractivity contribution in [1.82, 2.24) is 4.31 Å².